The molecule has 0 spiro atoms. The van der Waals surface area contributed by atoms with Gasteiger partial charge < -0.3 is 29.2 Å². The van der Waals surface area contributed by atoms with Gasteiger partial charge in [0, 0.05) is 6.07 Å². The fourth-order valence-corrected chi connectivity index (χ4v) is 5.79. The van der Waals surface area contributed by atoms with E-state index in [9.17, 15) is 9.59 Å². The normalized spacial score (nSPS) is 18.5. The Hall–Kier alpha value is -3.62. The summed E-state index contributed by atoms with van der Waals surface area (Å²) in [6.07, 6.45) is 16.3. The first-order valence-electron chi connectivity index (χ1n) is 15.6. The molecule has 1 aromatic carbocycles. The lowest BCUT2D eigenvalue weighted by molar-refractivity contribution is -0.141. The van der Waals surface area contributed by atoms with Crippen molar-refractivity contribution >= 4 is 17.5 Å². The minimum Gasteiger partial charge on any atom is -0.490 e. The molecule has 2 aliphatic rings. The van der Waals surface area contributed by atoms with E-state index in [-0.39, 0.29) is 37.6 Å². The van der Waals surface area contributed by atoms with Crippen LogP contribution in [-0.2, 0) is 19.1 Å². The Morgan fingerprint density at radius 3 is 1.93 bits per heavy atom. The number of benzene rings is 1. The highest BCUT2D eigenvalue weighted by atomic mass is 16.6. The van der Waals surface area contributed by atoms with Gasteiger partial charge in [-0.25, -0.2) is 9.59 Å². The first-order chi connectivity index (χ1) is 21.2. The van der Waals surface area contributed by atoms with Crippen LogP contribution in [0.2, 0.25) is 0 Å². The number of carbonyl (C=O) groups excluding carboxylic acids is 2. The van der Waals surface area contributed by atoms with Crippen molar-refractivity contribution in [2.45, 2.75) is 65.2 Å². The number of ether oxygens (including phenoxy) is 4. The second-order valence-electron chi connectivity index (χ2n) is 11.4. The third-order valence-corrected chi connectivity index (χ3v) is 8.26. The van der Waals surface area contributed by atoms with Gasteiger partial charge in [-0.1, -0.05) is 42.5 Å². The average Bonchev–Trinajstić information content (AvgIpc) is 3.04. The molecule has 0 radical (unpaired) electrons. The first-order valence-corrected chi connectivity index (χ1v) is 15.6. The summed E-state index contributed by atoms with van der Waals surface area (Å²) < 4.78 is 22.0. The third kappa shape index (κ3) is 10.8. The number of rotatable bonds is 17. The number of allylic oxidation sites excluding steroid dienone is 6. The number of carbonyl (C=O) groups is 2. The zero-order valence-electron chi connectivity index (χ0n) is 26.3. The largest absolute Gasteiger partial charge is 0.490 e. The Kier molecular flexibility index (Phi) is 14.5. The van der Waals surface area contributed by atoms with Crippen LogP contribution < -0.4 is 9.47 Å². The smallest absolute Gasteiger partial charge is 0.335 e. The molecule has 8 heteroatoms. The number of aliphatic hydroxyl groups is 2. The zero-order chi connectivity index (χ0) is 31.9. The molecule has 0 bridgehead atoms. The summed E-state index contributed by atoms with van der Waals surface area (Å²) in [5, 5.41) is 18.1. The van der Waals surface area contributed by atoms with Crippen LogP contribution in [0.25, 0.3) is 5.57 Å². The number of aliphatic hydroxyl groups excluding tert-OH is 2. The van der Waals surface area contributed by atoms with Crippen LogP contribution in [0, 0.1) is 11.8 Å². The van der Waals surface area contributed by atoms with E-state index >= 15 is 0 Å². The Labute approximate surface area is 261 Å². The van der Waals surface area contributed by atoms with Crippen LogP contribution in [0.4, 0.5) is 0 Å². The van der Waals surface area contributed by atoms with E-state index in [1.807, 2.05) is 12.1 Å². The number of esters is 2. The average molecular weight is 609 g/mol. The van der Waals surface area contributed by atoms with Crippen molar-refractivity contribution in [2.75, 3.05) is 39.6 Å². The molecule has 2 aliphatic carbocycles. The van der Waals surface area contributed by atoms with E-state index in [0.29, 0.717) is 17.4 Å². The summed E-state index contributed by atoms with van der Waals surface area (Å²) >= 11 is 0. The van der Waals surface area contributed by atoms with Crippen LogP contribution >= 0.6 is 0 Å². The maximum absolute atomic E-state index is 11.8. The maximum atomic E-state index is 11.8. The summed E-state index contributed by atoms with van der Waals surface area (Å²) in [6.45, 7) is 10.5. The van der Waals surface area contributed by atoms with Crippen LogP contribution in [0.3, 0.4) is 0 Å². The fourth-order valence-electron chi connectivity index (χ4n) is 5.79. The summed E-state index contributed by atoms with van der Waals surface area (Å²) in [5.41, 5.74) is 5.05. The van der Waals surface area contributed by atoms with E-state index in [4.69, 9.17) is 29.2 Å². The lowest BCUT2D eigenvalue weighted by atomic mass is 9.73. The minimum atomic E-state index is -0.667. The predicted molar refractivity (Wildman–Crippen MR) is 171 cm³/mol. The van der Waals surface area contributed by atoms with Gasteiger partial charge in [0.25, 0.3) is 0 Å². The molecular weight excluding hydrogens is 560 g/mol. The molecule has 240 valence electrons. The molecule has 1 saturated carbocycles. The minimum absolute atomic E-state index is 0.00554. The summed E-state index contributed by atoms with van der Waals surface area (Å²) in [7, 11) is 0. The maximum Gasteiger partial charge on any atom is 0.335 e. The standard InChI is InChI=1S/C36H48O8/c1-5-6-7-8-28-9-11-29(12-10-28)34-14-13-30(19-25(34)2)31-20-32(41-15-17-43-35(39)26(3)23-37)22-33(21-31)42-16-18-44-36(40)27(4)24-38/h5-6,19-22,28-29,37-38H,3-4,7-18,23-24H2,1-2H3/b6-5+. The molecule has 44 heavy (non-hydrogen) atoms. The van der Waals surface area contributed by atoms with Crippen molar-refractivity contribution in [1.82, 2.24) is 0 Å². The lowest BCUT2D eigenvalue weighted by Crippen LogP contribution is -2.18. The lowest BCUT2D eigenvalue weighted by Gasteiger charge is -2.32. The number of hydrogen-bond acceptors (Lipinski definition) is 8. The van der Waals surface area contributed by atoms with Crippen LogP contribution in [0.5, 0.6) is 11.5 Å². The van der Waals surface area contributed by atoms with E-state index in [2.05, 4.69) is 45.2 Å². The van der Waals surface area contributed by atoms with Crippen molar-refractivity contribution in [3.05, 3.63) is 77.4 Å². The van der Waals surface area contributed by atoms with Gasteiger partial charge in [-0.15, -0.1) is 0 Å². The van der Waals surface area contributed by atoms with Gasteiger partial charge in [-0.05, 0) is 100 Å². The molecule has 0 saturated heterocycles. The Balaban J connectivity index is 1.69. The topological polar surface area (TPSA) is 112 Å². The van der Waals surface area contributed by atoms with Crippen molar-refractivity contribution in [3.8, 4) is 11.5 Å². The SMILES string of the molecule is C=C(CO)C(=O)OCCOc1cc(OCCOC(=O)C(=C)CO)cc(C2=CC(C)=C(C3CCC(CC/C=C/C)CC3)CC2)c1. The summed E-state index contributed by atoms with van der Waals surface area (Å²) in [5.74, 6) is 1.26. The Morgan fingerprint density at radius 2 is 1.43 bits per heavy atom. The predicted octanol–water partition coefficient (Wildman–Crippen LogP) is 6.28. The number of hydrogen-bond donors (Lipinski definition) is 2. The fraction of sp³-hybridized carbons (Fsp3) is 0.500. The molecule has 1 aromatic rings. The van der Waals surface area contributed by atoms with E-state index in [1.54, 1.807) is 11.6 Å². The highest BCUT2D eigenvalue weighted by molar-refractivity contribution is 5.88. The van der Waals surface area contributed by atoms with Gasteiger partial charge in [0.05, 0.1) is 24.4 Å². The van der Waals surface area contributed by atoms with Crippen LogP contribution in [0.1, 0.15) is 70.8 Å². The molecular formula is C36H48O8. The van der Waals surface area contributed by atoms with E-state index in [0.717, 1.165) is 24.3 Å². The monoisotopic (exact) mass is 608 g/mol. The van der Waals surface area contributed by atoms with Crippen molar-refractivity contribution in [3.63, 3.8) is 0 Å². The molecule has 0 atom stereocenters. The molecule has 0 aliphatic heterocycles. The second-order valence-corrected chi connectivity index (χ2v) is 11.4. The Morgan fingerprint density at radius 1 is 0.864 bits per heavy atom. The van der Waals surface area contributed by atoms with Gasteiger partial charge in [0.1, 0.15) is 37.9 Å². The van der Waals surface area contributed by atoms with Crippen molar-refractivity contribution in [1.29, 1.82) is 0 Å². The quantitative estimate of drug-likeness (QED) is 0.0920. The van der Waals surface area contributed by atoms with Crippen LogP contribution in [0.15, 0.2) is 71.9 Å². The molecule has 0 aromatic heterocycles. The van der Waals surface area contributed by atoms with Gasteiger partial charge in [0.2, 0.25) is 0 Å². The molecule has 0 unspecified atom stereocenters. The van der Waals surface area contributed by atoms with Crippen LogP contribution in [-0.4, -0.2) is 61.8 Å². The van der Waals surface area contributed by atoms with Gasteiger partial charge in [0.15, 0.2) is 0 Å². The zero-order valence-corrected chi connectivity index (χ0v) is 26.3. The molecule has 3 rings (SSSR count). The molecule has 0 amide bonds. The van der Waals surface area contributed by atoms with Crippen molar-refractivity contribution < 1.29 is 38.7 Å². The van der Waals surface area contributed by atoms with E-state index in [1.165, 1.54) is 49.7 Å². The highest BCUT2D eigenvalue weighted by Gasteiger charge is 2.26. The molecule has 2 N–H and O–H groups in total. The van der Waals surface area contributed by atoms with Gasteiger partial charge in [-0.3, -0.25) is 0 Å². The Bertz CT molecular complexity index is 1190. The molecule has 1 fully saturated rings. The molecule has 8 nitrogen and oxygen atoms in total. The molecule has 0 heterocycles. The van der Waals surface area contributed by atoms with Crippen molar-refractivity contribution in [2.24, 2.45) is 11.8 Å². The second kappa shape index (κ2) is 18.2. The van der Waals surface area contributed by atoms with E-state index < -0.39 is 25.2 Å². The third-order valence-electron chi connectivity index (χ3n) is 8.26. The highest BCUT2D eigenvalue weighted by Crippen LogP contribution is 2.42. The van der Waals surface area contributed by atoms with Gasteiger partial charge >= 0.3 is 11.9 Å². The summed E-state index contributed by atoms with van der Waals surface area (Å²) in [6, 6.07) is 5.64. The summed E-state index contributed by atoms with van der Waals surface area (Å²) in [4.78, 5) is 23.5. The van der Waals surface area contributed by atoms with Gasteiger partial charge in [-0.2, -0.15) is 0 Å². The first kappa shape index (κ1) is 34.9.